The van der Waals surface area contributed by atoms with Crippen molar-refractivity contribution < 1.29 is 14.3 Å². The Morgan fingerprint density at radius 2 is 1.76 bits per heavy atom. The van der Waals surface area contributed by atoms with E-state index in [-0.39, 0.29) is 17.9 Å². The summed E-state index contributed by atoms with van der Waals surface area (Å²) in [6.07, 6.45) is 13.3. The van der Waals surface area contributed by atoms with Crippen LogP contribution in [-0.4, -0.2) is 36.2 Å². The second-order valence-corrected chi connectivity index (χ2v) is 9.70. The first kappa shape index (κ1) is 26.7. The fourth-order valence-electron chi connectivity index (χ4n) is 3.00. The Hall–Kier alpha value is -2.55. The largest absolute Gasteiger partial charge is 0.501 e. The molecular formula is C25H33N3O3S2. The van der Waals surface area contributed by atoms with Crippen LogP contribution in [-0.2, 0) is 14.3 Å². The zero-order valence-electron chi connectivity index (χ0n) is 20.0. The van der Waals surface area contributed by atoms with Gasteiger partial charge in [-0.2, -0.15) is 0 Å². The smallest absolute Gasteiger partial charge is 0.244 e. The maximum Gasteiger partial charge on any atom is 0.244 e. The predicted molar refractivity (Wildman–Crippen MR) is 138 cm³/mol. The Labute approximate surface area is 204 Å². The van der Waals surface area contributed by atoms with Crippen LogP contribution in [0.3, 0.4) is 0 Å². The van der Waals surface area contributed by atoms with Crippen LogP contribution in [0.1, 0.15) is 44.3 Å². The highest BCUT2D eigenvalue weighted by Crippen LogP contribution is 2.29. The molecular weight excluding hydrogens is 454 g/mol. The minimum Gasteiger partial charge on any atom is -0.501 e. The number of primary amides is 1. The summed E-state index contributed by atoms with van der Waals surface area (Å²) < 4.78 is 10.9. The first-order valence-electron chi connectivity index (χ1n) is 10.8. The highest BCUT2D eigenvalue weighted by Gasteiger charge is 2.20. The van der Waals surface area contributed by atoms with E-state index in [9.17, 15) is 4.79 Å². The van der Waals surface area contributed by atoms with Crippen molar-refractivity contribution >= 4 is 34.7 Å². The van der Waals surface area contributed by atoms with E-state index in [2.05, 4.69) is 50.5 Å². The molecule has 2 N–H and O–H groups in total. The molecule has 1 amide bonds. The Morgan fingerprint density at radius 3 is 2.39 bits per heavy atom. The number of rotatable bonds is 12. The van der Waals surface area contributed by atoms with Gasteiger partial charge in [0.05, 0.1) is 23.9 Å². The standard InChI is InChI=1S/C25H33N3O3S2/c1-16(2)9-7-8-10-17(3)24-28-20(15-33-24)25-27-19(14-32-25)11-12-21(30-5)18(4)22(31-6)13-23(26)29/h7-18,21H,1-6H3,(H2,26,29)/b9-7+,10-8-,12-11+,22-13+/t17-,18+,21-/m0/s1. The molecule has 2 aromatic heterocycles. The summed E-state index contributed by atoms with van der Waals surface area (Å²) >= 11 is 3.20. The SMILES string of the molecule is CO/C(=C/C(N)=O)[C@H](C)[C@H](/C=C/c1csc(-c2csc([C@@H](C)/C=C\C=C\C(C)C)n2)n1)OC. The molecule has 6 nitrogen and oxygen atoms in total. The van der Waals surface area contributed by atoms with Crippen molar-refractivity contribution in [1.29, 1.82) is 0 Å². The molecule has 3 atom stereocenters. The fourth-order valence-corrected chi connectivity index (χ4v) is 4.66. The molecule has 0 saturated carbocycles. The maximum absolute atomic E-state index is 11.2. The average Bonchev–Trinajstić information content (AvgIpc) is 3.44. The van der Waals surface area contributed by atoms with Crippen molar-refractivity contribution in [2.75, 3.05) is 14.2 Å². The topological polar surface area (TPSA) is 87.3 Å². The highest BCUT2D eigenvalue weighted by atomic mass is 32.1. The molecule has 0 fully saturated rings. The molecule has 0 radical (unpaired) electrons. The van der Waals surface area contributed by atoms with Crippen molar-refractivity contribution in [3.8, 4) is 10.7 Å². The van der Waals surface area contributed by atoms with E-state index in [4.69, 9.17) is 25.2 Å². The lowest BCUT2D eigenvalue weighted by Gasteiger charge is -2.21. The number of hydrogen-bond acceptors (Lipinski definition) is 7. The van der Waals surface area contributed by atoms with Gasteiger partial charge < -0.3 is 15.2 Å². The number of aromatic nitrogens is 2. The van der Waals surface area contributed by atoms with Crippen LogP contribution >= 0.6 is 22.7 Å². The summed E-state index contributed by atoms with van der Waals surface area (Å²) in [7, 11) is 3.12. The van der Waals surface area contributed by atoms with E-state index in [1.807, 2.05) is 24.5 Å². The van der Waals surface area contributed by atoms with Crippen molar-refractivity contribution in [2.24, 2.45) is 17.6 Å². The number of ether oxygens (including phenoxy) is 2. The summed E-state index contributed by atoms with van der Waals surface area (Å²) in [6.45, 7) is 8.37. The summed E-state index contributed by atoms with van der Waals surface area (Å²) in [6, 6.07) is 0. The number of nitrogens with two attached hydrogens (primary N) is 1. The normalized spacial score (nSPS) is 15.7. The highest BCUT2D eigenvalue weighted by molar-refractivity contribution is 7.14. The van der Waals surface area contributed by atoms with Crippen molar-refractivity contribution in [3.05, 3.63) is 63.7 Å². The predicted octanol–water partition coefficient (Wildman–Crippen LogP) is 5.82. The number of carbonyl (C=O) groups excluding carboxylic acids is 1. The summed E-state index contributed by atoms with van der Waals surface area (Å²) in [5.41, 5.74) is 6.97. The van der Waals surface area contributed by atoms with E-state index in [1.54, 1.807) is 29.8 Å². The van der Waals surface area contributed by atoms with Crippen molar-refractivity contribution in [3.63, 3.8) is 0 Å². The number of carbonyl (C=O) groups is 1. The molecule has 0 spiro atoms. The molecule has 0 aromatic carbocycles. The fraction of sp³-hybridized carbons (Fsp3) is 0.400. The van der Waals surface area contributed by atoms with E-state index >= 15 is 0 Å². The zero-order chi connectivity index (χ0) is 24.4. The number of allylic oxidation sites excluding steroid dienone is 4. The molecule has 178 valence electrons. The van der Waals surface area contributed by atoms with E-state index < -0.39 is 5.91 Å². The maximum atomic E-state index is 11.2. The average molecular weight is 488 g/mol. The van der Waals surface area contributed by atoms with Crippen molar-refractivity contribution in [2.45, 2.75) is 39.7 Å². The van der Waals surface area contributed by atoms with Gasteiger partial charge in [0.2, 0.25) is 5.91 Å². The summed E-state index contributed by atoms with van der Waals surface area (Å²) in [5.74, 6) is 0.512. The van der Waals surface area contributed by atoms with Gasteiger partial charge in [-0.25, -0.2) is 9.97 Å². The quantitative estimate of drug-likeness (QED) is 0.232. The number of methoxy groups -OCH3 is 2. The van der Waals surface area contributed by atoms with Gasteiger partial charge in [0.15, 0.2) is 0 Å². The first-order valence-corrected chi connectivity index (χ1v) is 12.5. The molecule has 2 heterocycles. The molecule has 8 heteroatoms. The third-order valence-electron chi connectivity index (χ3n) is 4.85. The van der Waals surface area contributed by atoms with Gasteiger partial charge >= 0.3 is 0 Å². The Balaban J connectivity index is 2.09. The number of nitrogens with zero attached hydrogens (tertiary/aromatic N) is 2. The van der Waals surface area contributed by atoms with Gasteiger partial charge in [-0.05, 0) is 12.0 Å². The molecule has 2 aromatic rings. The lowest BCUT2D eigenvalue weighted by Crippen LogP contribution is -2.22. The Morgan fingerprint density at radius 1 is 1.03 bits per heavy atom. The zero-order valence-corrected chi connectivity index (χ0v) is 21.7. The minimum absolute atomic E-state index is 0.187. The van der Waals surface area contributed by atoms with E-state index in [1.165, 1.54) is 13.2 Å². The van der Waals surface area contributed by atoms with Crippen LogP contribution in [0, 0.1) is 11.8 Å². The van der Waals surface area contributed by atoms with Gasteiger partial charge in [-0.3, -0.25) is 4.79 Å². The van der Waals surface area contributed by atoms with Crippen LogP contribution in [0.25, 0.3) is 16.8 Å². The number of hydrogen-bond donors (Lipinski definition) is 1. The molecule has 0 unspecified atom stereocenters. The molecule has 33 heavy (non-hydrogen) atoms. The van der Waals surface area contributed by atoms with Crippen LogP contribution in [0.15, 0.2) is 53.0 Å². The second-order valence-electron chi connectivity index (χ2n) is 7.95. The van der Waals surface area contributed by atoms with Crippen LogP contribution in [0.5, 0.6) is 0 Å². The molecule has 0 saturated heterocycles. The van der Waals surface area contributed by atoms with Crippen LogP contribution in [0.2, 0.25) is 0 Å². The third-order valence-corrected chi connectivity index (χ3v) is 6.78. The molecule has 2 rings (SSSR count). The Kier molecular flexibility index (Phi) is 10.7. The monoisotopic (exact) mass is 487 g/mol. The first-order chi connectivity index (χ1) is 15.7. The Bertz CT molecular complexity index is 1020. The lowest BCUT2D eigenvalue weighted by molar-refractivity contribution is -0.113. The van der Waals surface area contributed by atoms with Crippen LogP contribution < -0.4 is 5.73 Å². The van der Waals surface area contributed by atoms with Crippen molar-refractivity contribution in [1.82, 2.24) is 9.97 Å². The third kappa shape index (κ3) is 8.38. The van der Waals surface area contributed by atoms with E-state index in [0.717, 1.165) is 21.4 Å². The lowest BCUT2D eigenvalue weighted by atomic mass is 10.0. The van der Waals surface area contributed by atoms with Gasteiger partial charge in [0, 0.05) is 35.8 Å². The van der Waals surface area contributed by atoms with Gasteiger partial charge in [0.25, 0.3) is 0 Å². The van der Waals surface area contributed by atoms with Gasteiger partial charge in [-0.15, -0.1) is 22.7 Å². The van der Waals surface area contributed by atoms with Gasteiger partial charge in [0.1, 0.15) is 16.5 Å². The molecule has 0 aliphatic rings. The second kappa shape index (κ2) is 13.2. The van der Waals surface area contributed by atoms with Crippen LogP contribution in [0.4, 0.5) is 0 Å². The molecule has 0 aliphatic heterocycles. The van der Waals surface area contributed by atoms with Gasteiger partial charge in [-0.1, -0.05) is 58.1 Å². The number of amides is 1. The molecule has 0 bridgehead atoms. The van der Waals surface area contributed by atoms with E-state index in [0.29, 0.717) is 11.7 Å². The summed E-state index contributed by atoms with van der Waals surface area (Å²) in [5, 5.41) is 5.98. The minimum atomic E-state index is -0.555. The molecule has 0 aliphatic carbocycles. The number of thiazole rings is 2. The summed E-state index contributed by atoms with van der Waals surface area (Å²) in [4.78, 5) is 20.7.